The highest BCUT2D eigenvalue weighted by Gasteiger charge is 2.28. The van der Waals surface area contributed by atoms with E-state index in [0.29, 0.717) is 5.56 Å². The van der Waals surface area contributed by atoms with Crippen molar-refractivity contribution in [3.63, 3.8) is 0 Å². The summed E-state index contributed by atoms with van der Waals surface area (Å²) in [7, 11) is 0. The molecule has 0 aliphatic rings. The Labute approximate surface area is 95.6 Å². The molecule has 1 aromatic carbocycles. The third-order valence-corrected chi connectivity index (χ3v) is 2.33. The first-order chi connectivity index (χ1) is 7.51. The quantitative estimate of drug-likeness (QED) is 0.742. The summed E-state index contributed by atoms with van der Waals surface area (Å²) in [4.78, 5) is 0.145. The molecule has 0 aliphatic carbocycles. The third kappa shape index (κ3) is 4.89. The minimum Gasteiger partial charge on any atom is -0.198 e. The normalized spacial score (nSPS) is 11.6. The highest BCUT2D eigenvalue weighted by molar-refractivity contribution is 8.00. The number of allylic oxidation sites excluding steroid dienone is 1. The Balaban J connectivity index is 2.76. The predicted molar refractivity (Wildman–Crippen MR) is 57.6 cm³/mol. The molecule has 0 aromatic heterocycles. The van der Waals surface area contributed by atoms with Crippen molar-refractivity contribution in [1.82, 2.24) is 0 Å². The predicted octanol–water partition coefficient (Wildman–Crippen LogP) is 4.23. The lowest BCUT2D eigenvalue weighted by Gasteiger charge is -2.05. The average molecular weight is 243 g/mol. The van der Waals surface area contributed by atoms with Crippen molar-refractivity contribution in [2.75, 3.05) is 0 Å². The van der Waals surface area contributed by atoms with Crippen LogP contribution in [0.4, 0.5) is 13.2 Å². The molecule has 0 bridgehead atoms. The second-order valence-corrected chi connectivity index (χ2v) is 4.02. The third-order valence-electron chi connectivity index (χ3n) is 1.61. The lowest BCUT2D eigenvalue weighted by molar-refractivity contribution is -0.0328. The van der Waals surface area contributed by atoms with Gasteiger partial charge in [0.05, 0.1) is 12.5 Å². The Kier molecular flexibility index (Phi) is 4.44. The van der Waals surface area contributed by atoms with Crippen LogP contribution in [-0.4, -0.2) is 5.51 Å². The summed E-state index contributed by atoms with van der Waals surface area (Å²) < 4.78 is 36.2. The van der Waals surface area contributed by atoms with Crippen LogP contribution in [0, 0.1) is 11.3 Å². The fourth-order valence-electron chi connectivity index (χ4n) is 1.06. The van der Waals surface area contributed by atoms with E-state index in [4.69, 9.17) is 5.26 Å². The number of alkyl halides is 3. The number of rotatable bonds is 3. The molecule has 5 heteroatoms. The molecule has 0 amide bonds. The smallest absolute Gasteiger partial charge is 0.198 e. The fraction of sp³-hybridized carbons (Fsp3) is 0.182. The minimum atomic E-state index is -4.27. The molecule has 16 heavy (non-hydrogen) atoms. The standard InChI is InChI=1S/C11H8F3NS/c12-11(13,14)16-10-6-3-5-9(8-10)4-1-2-7-15/h1,3-6,8H,2H2. The van der Waals surface area contributed by atoms with Crippen molar-refractivity contribution >= 4 is 17.8 Å². The first kappa shape index (κ1) is 12.7. The van der Waals surface area contributed by atoms with Crippen LogP contribution < -0.4 is 0 Å². The van der Waals surface area contributed by atoms with Gasteiger partial charge in [0.1, 0.15) is 0 Å². The van der Waals surface area contributed by atoms with Crippen molar-refractivity contribution in [3.8, 4) is 6.07 Å². The Bertz CT molecular complexity index is 418. The first-order valence-electron chi connectivity index (χ1n) is 4.40. The van der Waals surface area contributed by atoms with Gasteiger partial charge >= 0.3 is 5.51 Å². The summed E-state index contributed by atoms with van der Waals surface area (Å²) in [5, 5.41) is 8.30. The van der Waals surface area contributed by atoms with Crippen LogP contribution in [0.2, 0.25) is 0 Å². The van der Waals surface area contributed by atoms with Gasteiger partial charge in [0.2, 0.25) is 0 Å². The zero-order valence-corrected chi connectivity index (χ0v) is 8.98. The Hall–Kier alpha value is -1.41. The lowest BCUT2D eigenvalue weighted by Crippen LogP contribution is -1.98. The van der Waals surface area contributed by atoms with E-state index in [1.807, 2.05) is 6.07 Å². The Morgan fingerprint density at radius 2 is 2.12 bits per heavy atom. The van der Waals surface area contributed by atoms with Crippen LogP contribution in [-0.2, 0) is 0 Å². The van der Waals surface area contributed by atoms with E-state index in [-0.39, 0.29) is 23.1 Å². The summed E-state index contributed by atoms with van der Waals surface area (Å²) >= 11 is -0.145. The fourth-order valence-corrected chi connectivity index (χ4v) is 1.67. The van der Waals surface area contributed by atoms with Crippen LogP contribution in [0.3, 0.4) is 0 Å². The molecule has 0 spiro atoms. The number of hydrogen-bond acceptors (Lipinski definition) is 2. The second-order valence-electron chi connectivity index (χ2n) is 2.88. The van der Waals surface area contributed by atoms with Gasteiger partial charge in [-0.1, -0.05) is 24.3 Å². The van der Waals surface area contributed by atoms with E-state index in [1.54, 1.807) is 24.3 Å². The largest absolute Gasteiger partial charge is 0.446 e. The Morgan fingerprint density at radius 1 is 1.38 bits per heavy atom. The van der Waals surface area contributed by atoms with Gasteiger partial charge in [-0.2, -0.15) is 18.4 Å². The van der Waals surface area contributed by atoms with Crippen LogP contribution in [0.15, 0.2) is 35.2 Å². The van der Waals surface area contributed by atoms with Crippen molar-refractivity contribution < 1.29 is 13.2 Å². The van der Waals surface area contributed by atoms with Gasteiger partial charge in [-0.15, -0.1) is 0 Å². The van der Waals surface area contributed by atoms with Crippen LogP contribution in [0.1, 0.15) is 12.0 Å². The molecule has 0 fully saturated rings. The molecular weight excluding hydrogens is 235 g/mol. The molecule has 1 aromatic rings. The molecule has 0 unspecified atom stereocenters. The van der Waals surface area contributed by atoms with E-state index >= 15 is 0 Å². The summed E-state index contributed by atoms with van der Waals surface area (Å²) in [6.07, 6.45) is 3.48. The molecule has 0 aliphatic heterocycles. The van der Waals surface area contributed by atoms with E-state index in [2.05, 4.69) is 0 Å². The van der Waals surface area contributed by atoms with E-state index in [1.165, 1.54) is 12.1 Å². The van der Waals surface area contributed by atoms with Crippen LogP contribution >= 0.6 is 11.8 Å². The highest BCUT2D eigenvalue weighted by Crippen LogP contribution is 2.36. The number of nitriles is 1. The van der Waals surface area contributed by atoms with Gasteiger partial charge in [-0.25, -0.2) is 0 Å². The van der Waals surface area contributed by atoms with Crippen molar-refractivity contribution in [3.05, 3.63) is 35.9 Å². The van der Waals surface area contributed by atoms with Gasteiger partial charge in [0.25, 0.3) is 0 Å². The number of hydrogen-bond donors (Lipinski definition) is 0. The monoisotopic (exact) mass is 243 g/mol. The van der Waals surface area contributed by atoms with Gasteiger partial charge in [0.15, 0.2) is 0 Å². The number of nitrogens with zero attached hydrogens (tertiary/aromatic N) is 1. The SMILES string of the molecule is N#CCC=Cc1cccc(SC(F)(F)F)c1. The lowest BCUT2D eigenvalue weighted by atomic mass is 10.2. The molecule has 1 rings (SSSR count). The number of benzene rings is 1. The maximum atomic E-state index is 12.1. The molecule has 0 N–H and O–H groups in total. The van der Waals surface area contributed by atoms with Gasteiger partial charge in [-0.05, 0) is 29.5 Å². The molecule has 0 saturated heterocycles. The van der Waals surface area contributed by atoms with Gasteiger partial charge in [-0.3, -0.25) is 0 Å². The van der Waals surface area contributed by atoms with E-state index in [9.17, 15) is 13.2 Å². The molecule has 1 nitrogen and oxygen atoms in total. The van der Waals surface area contributed by atoms with Gasteiger partial charge < -0.3 is 0 Å². The van der Waals surface area contributed by atoms with E-state index in [0.717, 1.165) is 0 Å². The number of thioether (sulfide) groups is 1. The summed E-state index contributed by atoms with van der Waals surface area (Å²) in [6, 6.07) is 8.00. The molecule has 0 atom stereocenters. The van der Waals surface area contributed by atoms with Crippen LogP contribution in [0.5, 0.6) is 0 Å². The highest BCUT2D eigenvalue weighted by atomic mass is 32.2. The van der Waals surface area contributed by atoms with Crippen molar-refractivity contribution in [2.24, 2.45) is 0 Å². The minimum absolute atomic E-state index is 0.145. The molecule has 84 valence electrons. The summed E-state index contributed by atoms with van der Waals surface area (Å²) in [5.41, 5.74) is -3.61. The topological polar surface area (TPSA) is 23.8 Å². The summed E-state index contributed by atoms with van der Waals surface area (Å²) in [6.45, 7) is 0. The molecule has 0 radical (unpaired) electrons. The Morgan fingerprint density at radius 3 is 2.75 bits per heavy atom. The van der Waals surface area contributed by atoms with Gasteiger partial charge in [0, 0.05) is 4.90 Å². The number of halogens is 3. The van der Waals surface area contributed by atoms with Crippen LogP contribution in [0.25, 0.3) is 6.08 Å². The molecular formula is C11H8F3NS. The van der Waals surface area contributed by atoms with Crippen molar-refractivity contribution in [1.29, 1.82) is 5.26 Å². The zero-order valence-electron chi connectivity index (χ0n) is 8.16. The maximum absolute atomic E-state index is 12.1. The average Bonchev–Trinajstić information content (AvgIpc) is 2.16. The molecule has 0 saturated carbocycles. The van der Waals surface area contributed by atoms with Crippen molar-refractivity contribution in [2.45, 2.75) is 16.8 Å². The maximum Gasteiger partial charge on any atom is 0.446 e. The zero-order chi connectivity index (χ0) is 12.0. The second kappa shape index (κ2) is 5.61. The first-order valence-corrected chi connectivity index (χ1v) is 5.22. The van der Waals surface area contributed by atoms with E-state index < -0.39 is 5.51 Å². The molecule has 0 heterocycles. The summed E-state index contributed by atoms with van der Waals surface area (Å²) in [5.74, 6) is 0.